The molecule has 0 amide bonds. The molecule has 0 radical (unpaired) electrons. The van der Waals surface area contributed by atoms with Crippen molar-refractivity contribution in [1.29, 1.82) is 0 Å². The Bertz CT molecular complexity index is 470. The zero-order valence-electron chi connectivity index (χ0n) is 10.9. The largest absolute Gasteiger partial charge is 0.240 e. The lowest BCUT2D eigenvalue weighted by atomic mass is 10.0. The van der Waals surface area contributed by atoms with Crippen molar-refractivity contribution < 1.29 is 8.42 Å². The zero-order valence-corrected chi connectivity index (χ0v) is 14.1. The fourth-order valence-corrected chi connectivity index (χ4v) is 3.73. The Hall–Kier alpha value is -0.100. The third-order valence-electron chi connectivity index (χ3n) is 2.90. The predicted octanol–water partition coefficient (Wildman–Crippen LogP) is 3.82. The van der Waals surface area contributed by atoms with Crippen LogP contribution in [0.3, 0.4) is 0 Å². The van der Waals surface area contributed by atoms with Crippen molar-refractivity contribution >= 4 is 37.6 Å². The van der Waals surface area contributed by atoms with Crippen molar-refractivity contribution in [2.75, 3.05) is 11.9 Å². The lowest BCUT2D eigenvalue weighted by molar-refractivity contribution is 0.459. The molecule has 1 aromatic rings. The molecule has 0 bridgehead atoms. The van der Waals surface area contributed by atoms with Crippen LogP contribution in [-0.4, -0.2) is 20.3 Å². The highest BCUT2D eigenvalue weighted by molar-refractivity contribution is 9.09. The topological polar surface area (TPSA) is 46.2 Å². The van der Waals surface area contributed by atoms with E-state index in [9.17, 15) is 8.42 Å². The van der Waals surface area contributed by atoms with Gasteiger partial charge in [0, 0.05) is 16.9 Å². The van der Waals surface area contributed by atoms with E-state index in [2.05, 4.69) is 27.6 Å². The summed E-state index contributed by atoms with van der Waals surface area (Å²) >= 11 is 9.15. The minimum absolute atomic E-state index is 0.256. The molecule has 0 spiro atoms. The molecular formula is C13H19BrClNO2S. The van der Waals surface area contributed by atoms with Gasteiger partial charge in [-0.2, -0.15) is 0 Å². The molecule has 0 fully saturated rings. The van der Waals surface area contributed by atoms with E-state index in [0.717, 1.165) is 24.6 Å². The van der Waals surface area contributed by atoms with Crippen LogP contribution in [0.5, 0.6) is 0 Å². The molecule has 0 saturated heterocycles. The Kier molecular flexibility index (Phi) is 7.36. The first kappa shape index (κ1) is 17.0. The fraction of sp³-hybridized carbons (Fsp3) is 0.538. The maximum atomic E-state index is 12.1. The van der Waals surface area contributed by atoms with Crippen LogP contribution in [0.2, 0.25) is 5.02 Å². The van der Waals surface area contributed by atoms with Crippen LogP contribution in [0, 0.1) is 5.92 Å². The minimum atomic E-state index is -3.43. The van der Waals surface area contributed by atoms with E-state index < -0.39 is 10.0 Å². The van der Waals surface area contributed by atoms with Gasteiger partial charge >= 0.3 is 0 Å². The van der Waals surface area contributed by atoms with Gasteiger partial charge in [-0.1, -0.05) is 40.9 Å². The third-order valence-corrected chi connectivity index (χ3v) is 5.05. The molecule has 19 heavy (non-hydrogen) atoms. The van der Waals surface area contributed by atoms with Crippen molar-refractivity contribution in [1.82, 2.24) is 4.72 Å². The highest BCUT2D eigenvalue weighted by Crippen LogP contribution is 2.16. The van der Waals surface area contributed by atoms with Gasteiger partial charge in [-0.05, 0) is 43.0 Å². The van der Waals surface area contributed by atoms with Crippen molar-refractivity contribution in [3.8, 4) is 0 Å². The lowest BCUT2D eigenvalue weighted by Gasteiger charge is -2.15. The van der Waals surface area contributed by atoms with Gasteiger partial charge in [-0.15, -0.1) is 0 Å². The van der Waals surface area contributed by atoms with Gasteiger partial charge in [-0.3, -0.25) is 0 Å². The van der Waals surface area contributed by atoms with Gasteiger partial charge in [0.25, 0.3) is 0 Å². The summed E-state index contributed by atoms with van der Waals surface area (Å²) in [6.07, 6.45) is 3.05. The molecule has 1 N–H and O–H groups in total. The Morgan fingerprint density at radius 2 is 1.89 bits per heavy atom. The molecule has 108 valence electrons. The summed E-state index contributed by atoms with van der Waals surface area (Å²) in [4.78, 5) is 0.256. The first-order valence-corrected chi connectivity index (χ1v) is 9.29. The van der Waals surface area contributed by atoms with Crippen LogP contribution in [-0.2, 0) is 10.0 Å². The molecule has 1 atom stereocenters. The quantitative estimate of drug-likeness (QED) is 0.709. The van der Waals surface area contributed by atoms with E-state index in [1.165, 1.54) is 12.1 Å². The minimum Gasteiger partial charge on any atom is -0.211 e. The fourth-order valence-electron chi connectivity index (χ4n) is 1.84. The van der Waals surface area contributed by atoms with Crippen LogP contribution in [0.1, 0.15) is 26.2 Å². The van der Waals surface area contributed by atoms with Crippen molar-refractivity contribution in [3.63, 3.8) is 0 Å². The van der Waals surface area contributed by atoms with Gasteiger partial charge in [0.2, 0.25) is 10.0 Å². The number of sulfonamides is 1. The summed E-state index contributed by atoms with van der Waals surface area (Å²) in [7, 11) is -3.43. The van der Waals surface area contributed by atoms with E-state index in [-0.39, 0.29) is 4.90 Å². The Balaban J connectivity index is 2.66. The molecule has 6 heteroatoms. The molecule has 3 nitrogen and oxygen atoms in total. The summed E-state index contributed by atoms with van der Waals surface area (Å²) in [5.74, 6) is 0.367. The maximum Gasteiger partial charge on any atom is 0.240 e. The van der Waals surface area contributed by atoms with Gasteiger partial charge in [0.05, 0.1) is 4.90 Å². The predicted molar refractivity (Wildman–Crippen MR) is 83.4 cm³/mol. The number of nitrogens with one attached hydrogen (secondary N) is 1. The van der Waals surface area contributed by atoms with Crippen molar-refractivity contribution in [3.05, 3.63) is 29.3 Å². The number of halogens is 2. The summed E-state index contributed by atoms with van der Waals surface area (Å²) in [6.45, 7) is 2.58. The van der Waals surface area contributed by atoms with E-state index in [1.807, 2.05) is 0 Å². The Labute approximate surface area is 128 Å². The smallest absolute Gasteiger partial charge is 0.211 e. The number of alkyl halides is 1. The monoisotopic (exact) mass is 367 g/mol. The third kappa shape index (κ3) is 5.81. The second-order valence-electron chi connectivity index (χ2n) is 4.44. The van der Waals surface area contributed by atoms with Crippen LogP contribution in [0.15, 0.2) is 29.2 Å². The van der Waals surface area contributed by atoms with Crippen molar-refractivity contribution in [2.45, 2.75) is 31.1 Å². The molecule has 1 rings (SSSR count). The second kappa shape index (κ2) is 8.25. The average Bonchev–Trinajstić information content (AvgIpc) is 2.37. The number of rotatable bonds is 8. The highest BCUT2D eigenvalue weighted by atomic mass is 79.9. The van der Waals surface area contributed by atoms with E-state index in [1.54, 1.807) is 12.1 Å². The standard InChI is InChI=1S/C13H19BrClNO2S/c1-2-3-11(8-9-14)10-16-19(17,18)13-6-4-12(15)5-7-13/h4-7,11,16H,2-3,8-10H2,1H3. The van der Waals surface area contributed by atoms with E-state index in [0.29, 0.717) is 17.5 Å². The van der Waals surface area contributed by atoms with E-state index >= 15 is 0 Å². The molecule has 0 aliphatic rings. The average molecular weight is 369 g/mol. The van der Waals surface area contributed by atoms with Gasteiger partial charge in [-0.25, -0.2) is 13.1 Å². The summed E-state index contributed by atoms with van der Waals surface area (Å²) in [6, 6.07) is 6.20. The maximum absolute atomic E-state index is 12.1. The zero-order chi connectivity index (χ0) is 14.3. The van der Waals surface area contributed by atoms with Gasteiger partial charge < -0.3 is 0 Å². The number of hydrogen-bond acceptors (Lipinski definition) is 2. The lowest BCUT2D eigenvalue weighted by Crippen LogP contribution is -2.29. The summed E-state index contributed by atoms with van der Waals surface area (Å²) in [5, 5.41) is 1.42. The highest BCUT2D eigenvalue weighted by Gasteiger charge is 2.16. The summed E-state index contributed by atoms with van der Waals surface area (Å²) < 4.78 is 26.9. The molecule has 0 saturated carbocycles. The van der Waals surface area contributed by atoms with Crippen LogP contribution in [0.25, 0.3) is 0 Å². The molecule has 1 aromatic carbocycles. The second-order valence-corrected chi connectivity index (χ2v) is 7.43. The van der Waals surface area contributed by atoms with E-state index in [4.69, 9.17) is 11.6 Å². The van der Waals surface area contributed by atoms with Gasteiger partial charge in [0.15, 0.2) is 0 Å². The molecule has 1 unspecified atom stereocenters. The molecule has 0 heterocycles. The molecule has 0 aromatic heterocycles. The first-order chi connectivity index (χ1) is 8.99. The SMILES string of the molecule is CCCC(CCBr)CNS(=O)(=O)c1ccc(Cl)cc1. The molecule has 0 aliphatic carbocycles. The van der Waals surface area contributed by atoms with Crippen LogP contribution >= 0.6 is 27.5 Å². The van der Waals surface area contributed by atoms with Crippen LogP contribution in [0.4, 0.5) is 0 Å². The summed E-state index contributed by atoms with van der Waals surface area (Å²) in [5.41, 5.74) is 0. The number of benzene rings is 1. The normalized spacial score (nSPS) is 13.4. The Morgan fingerprint density at radius 1 is 1.26 bits per heavy atom. The van der Waals surface area contributed by atoms with Crippen LogP contribution < -0.4 is 4.72 Å². The number of hydrogen-bond donors (Lipinski definition) is 1. The molecule has 0 aliphatic heterocycles. The molecular weight excluding hydrogens is 350 g/mol. The first-order valence-electron chi connectivity index (χ1n) is 6.30. The Morgan fingerprint density at radius 3 is 2.42 bits per heavy atom. The van der Waals surface area contributed by atoms with Gasteiger partial charge in [0.1, 0.15) is 0 Å². The van der Waals surface area contributed by atoms with Crippen molar-refractivity contribution in [2.24, 2.45) is 5.92 Å².